The molecule has 0 aliphatic rings. The fraction of sp³-hybridized carbons (Fsp3) is 0. The lowest BCUT2D eigenvalue weighted by molar-refractivity contribution is 1.63. The molecule has 0 bridgehead atoms. The van der Waals surface area contributed by atoms with E-state index in [9.17, 15) is 0 Å². The van der Waals surface area contributed by atoms with E-state index in [1.807, 2.05) is 22.7 Å². The summed E-state index contributed by atoms with van der Waals surface area (Å²) < 4.78 is 5.51. The first-order valence-electron chi connectivity index (χ1n) is 18.5. The molecule has 250 valence electrons. The Hall–Kier alpha value is -6.32. The van der Waals surface area contributed by atoms with Crippen molar-refractivity contribution >= 4 is 106 Å². The van der Waals surface area contributed by atoms with E-state index in [-0.39, 0.29) is 0 Å². The smallest absolute Gasteiger partial charge is 0.0534 e. The molecule has 0 radical (unpaired) electrons. The van der Waals surface area contributed by atoms with E-state index in [4.69, 9.17) is 0 Å². The van der Waals surface area contributed by atoms with Crippen LogP contribution < -0.4 is 0 Å². The Kier molecular flexibility index (Phi) is 6.48. The van der Waals surface area contributed by atoms with Gasteiger partial charge >= 0.3 is 0 Å². The number of benzene rings is 10. The second kappa shape index (κ2) is 11.6. The van der Waals surface area contributed by atoms with Crippen molar-refractivity contribution in [1.82, 2.24) is 0 Å². The largest absolute Gasteiger partial charge is 0.134 e. The zero-order valence-electron chi connectivity index (χ0n) is 29.1. The Labute approximate surface area is 319 Å². The van der Waals surface area contributed by atoms with E-state index in [0.29, 0.717) is 0 Å². The summed E-state index contributed by atoms with van der Waals surface area (Å²) in [4.78, 5) is 0. The molecule has 0 aliphatic carbocycles. The zero-order valence-corrected chi connectivity index (χ0v) is 30.8. The van der Waals surface area contributed by atoms with E-state index < -0.39 is 0 Å². The lowest BCUT2D eigenvalue weighted by Crippen LogP contribution is -1.92. The van der Waals surface area contributed by atoms with E-state index in [1.165, 1.54) is 117 Å². The number of hydrogen-bond acceptors (Lipinski definition) is 2. The van der Waals surface area contributed by atoms with Gasteiger partial charge in [0, 0.05) is 30.9 Å². The number of thiophene rings is 2. The van der Waals surface area contributed by atoms with Crippen LogP contribution in [0.2, 0.25) is 0 Å². The molecule has 2 aromatic heterocycles. The molecule has 0 spiro atoms. The topological polar surface area (TPSA) is 0 Å². The molecule has 0 N–H and O–H groups in total. The third-order valence-electron chi connectivity index (χ3n) is 11.4. The van der Waals surface area contributed by atoms with E-state index in [1.54, 1.807) is 0 Å². The number of fused-ring (bicyclic) bond motifs is 11. The van der Waals surface area contributed by atoms with Crippen LogP contribution in [0.25, 0.3) is 117 Å². The van der Waals surface area contributed by atoms with Gasteiger partial charge in [-0.3, -0.25) is 0 Å². The molecule has 2 heteroatoms. The predicted molar refractivity (Wildman–Crippen MR) is 239 cm³/mol. The van der Waals surface area contributed by atoms with Gasteiger partial charge in [-0.2, -0.15) is 0 Å². The average Bonchev–Trinajstić information content (AvgIpc) is 3.80. The van der Waals surface area contributed by atoms with Gasteiger partial charge in [0.05, 0.1) is 9.40 Å². The standard InChI is InChI=1S/C52H30S2/c1-2-15-37-31(11-1)12-10-21-39(37)50-42-19-5-3-17-40(42)49(41-18-4-6-20-43(41)50)35-14-9-13-32(27-35)33-23-24-34-29-46-45-26-25-44-38-16-7-8-22-47(38)53-51(44)52(45)54-48(46)30-36(34)28-33/h1-30H. The second-order valence-electron chi connectivity index (χ2n) is 14.4. The maximum Gasteiger partial charge on any atom is 0.0534 e. The number of hydrogen-bond donors (Lipinski definition) is 0. The summed E-state index contributed by atoms with van der Waals surface area (Å²) in [5.41, 5.74) is 7.55. The third-order valence-corrected chi connectivity index (χ3v) is 13.9. The van der Waals surface area contributed by atoms with Crippen LogP contribution in [0, 0.1) is 0 Å². The summed E-state index contributed by atoms with van der Waals surface area (Å²) >= 11 is 3.86. The van der Waals surface area contributed by atoms with Crippen molar-refractivity contribution in [3.63, 3.8) is 0 Å². The highest BCUT2D eigenvalue weighted by atomic mass is 32.1. The molecule has 0 atom stereocenters. The van der Waals surface area contributed by atoms with E-state index >= 15 is 0 Å². The fourth-order valence-corrected chi connectivity index (χ4v) is 11.5. The molecule has 0 fully saturated rings. The predicted octanol–water partition coefficient (Wildman–Crippen LogP) is 16.0. The second-order valence-corrected chi connectivity index (χ2v) is 16.5. The average molecular weight is 719 g/mol. The van der Waals surface area contributed by atoms with Crippen LogP contribution in [0.15, 0.2) is 182 Å². The van der Waals surface area contributed by atoms with Crippen LogP contribution in [-0.4, -0.2) is 0 Å². The maximum absolute atomic E-state index is 2.41. The highest BCUT2D eigenvalue weighted by molar-refractivity contribution is 7.33. The number of rotatable bonds is 3. The molecule has 54 heavy (non-hydrogen) atoms. The molecule has 0 aliphatic heterocycles. The van der Waals surface area contributed by atoms with Crippen molar-refractivity contribution in [3.8, 4) is 33.4 Å². The molecular formula is C52H30S2. The Morgan fingerprint density at radius 3 is 1.61 bits per heavy atom. The van der Waals surface area contributed by atoms with Gasteiger partial charge in [0.25, 0.3) is 0 Å². The Balaban J connectivity index is 1.03. The Bertz CT molecular complexity index is 3440. The normalized spacial score (nSPS) is 12.1. The van der Waals surface area contributed by atoms with Crippen LogP contribution in [0.3, 0.4) is 0 Å². The van der Waals surface area contributed by atoms with Gasteiger partial charge in [-0.1, -0.05) is 152 Å². The highest BCUT2D eigenvalue weighted by Gasteiger charge is 2.19. The van der Waals surface area contributed by atoms with Gasteiger partial charge < -0.3 is 0 Å². The molecule has 0 unspecified atom stereocenters. The van der Waals surface area contributed by atoms with Gasteiger partial charge in [-0.15, -0.1) is 22.7 Å². The van der Waals surface area contributed by atoms with Crippen LogP contribution in [0.5, 0.6) is 0 Å². The molecule has 0 nitrogen and oxygen atoms in total. The molecule has 0 saturated carbocycles. The monoisotopic (exact) mass is 718 g/mol. The summed E-state index contributed by atoms with van der Waals surface area (Å²) in [6, 6.07) is 67.8. The van der Waals surface area contributed by atoms with Gasteiger partial charge in [-0.25, -0.2) is 0 Å². The minimum Gasteiger partial charge on any atom is -0.134 e. The summed E-state index contributed by atoms with van der Waals surface area (Å²) in [7, 11) is 0. The van der Waals surface area contributed by atoms with Gasteiger partial charge in [0.2, 0.25) is 0 Å². The van der Waals surface area contributed by atoms with Crippen molar-refractivity contribution in [2.75, 3.05) is 0 Å². The van der Waals surface area contributed by atoms with Crippen molar-refractivity contribution in [2.45, 2.75) is 0 Å². The summed E-state index contributed by atoms with van der Waals surface area (Å²) in [5, 5.41) is 15.6. The summed E-state index contributed by atoms with van der Waals surface area (Å²) in [6.45, 7) is 0. The quantitative estimate of drug-likeness (QED) is 0.160. The zero-order chi connectivity index (χ0) is 35.3. The van der Waals surface area contributed by atoms with E-state index in [2.05, 4.69) is 182 Å². The lowest BCUT2D eigenvalue weighted by atomic mass is 9.84. The van der Waals surface area contributed by atoms with Crippen molar-refractivity contribution in [3.05, 3.63) is 182 Å². The lowest BCUT2D eigenvalue weighted by Gasteiger charge is -2.19. The molecular weight excluding hydrogens is 689 g/mol. The molecule has 12 rings (SSSR count). The van der Waals surface area contributed by atoms with E-state index in [0.717, 1.165) is 0 Å². The summed E-state index contributed by atoms with van der Waals surface area (Å²) in [6.07, 6.45) is 0. The Morgan fingerprint density at radius 2 is 0.833 bits per heavy atom. The first-order chi connectivity index (χ1) is 26.8. The van der Waals surface area contributed by atoms with Crippen LogP contribution in [-0.2, 0) is 0 Å². The van der Waals surface area contributed by atoms with Crippen molar-refractivity contribution < 1.29 is 0 Å². The maximum atomic E-state index is 2.41. The van der Waals surface area contributed by atoms with Gasteiger partial charge in [0.15, 0.2) is 0 Å². The fourth-order valence-electron chi connectivity index (χ4n) is 8.97. The minimum absolute atomic E-state index is 1.23. The van der Waals surface area contributed by atoms with Gasteiger partial charge in [-0.05, 0) is 107 Å². The molecule has 0 amide bonds. The van der Waals surface area contributed by atoms with Crippen molar-refractivity contribution in [2.24, 2.45) is 0 Å². The minimum atomic E-state index is 1.23. The highest BCUT2D eigenvalue weighted by Crippen LogP contribution is 2.47. The molecule has 10 aromatic carbocycles. The van der Waals surface area contributed by atoms with Crippen LogP contribution in [0.4, 0.5) is 0 Å². The van der Waals surface area contributed by atoms with Crippen molar-refractivity contribution in [1.29, 1.82) is 0 Å². The third kappa shape index (κ3) is 4.42. The van der Waals surface area contributed by atoms with Crippen LogP contribution in [0.1, 0.15) is 0 Å². The van der Waals surface area contributed by atoms with Crippen LogP contribution >= 0.6 is 22.7 Å². The molecule has 0 saturated heterocycles. The summed E-state index contributed by atoms with van der Waals surface area (Å²) in [5.74, 6) is 0. The SMILES string of the molecule is c1cc(-c2ccc3cc4c(cc3c2)sc2c4ccc3c4ccccc4sc32)cc(-c2c3ccccc3c(-c3cccc4ccccc34)c3ccccc23)c1. The molecule has 12 aromatic rings. The first-order valence-corrected chi connectivity index (χ1v) is 20.1. The molecule has 2 heterocycles. The Morgan fingerprint density at radius 1 is 0.259 bits per heavy atom. The first kappa shape index (κ1) is 30.2. The van der Waals surface area contributed by atoms with Gasteiger partial charge in [0.1, 0.15) is 0 Å².